The van der Waals surface area contributed by atoms with Crippen molar-refractivity contribution in [2.24, 2.45) is 0 Å². The van der Waals surface area contributed by atoms with Gasteiger partial charge in [-0.05, 0) is 24.5 Å². The smallest absolute Gasteiger partial charge is 0.331 e. The van der Waals surface area contributed by atoms with E-state index in [2.05, 4.69) is 0 Å². The van der Waals surface area contributed by atoms with Crippen LogP contribution in [0.25, 0.3) is 0 Å². The van der Waals surface area contributed by atoms with Crippen LogP contribution in [0.5, 0.6) is 0 Å². The number of rotatable bonds is 3. The number of allylic oxidation sites excluding steroid dienone is 3. The molecule has 1 unspecified atom stereocenters. The summed E-state index contributed by atoms with van der Waals surface area (Å²) in [5, 5.41) is 0. The van der Waals surface area contributed by atoms with E-state index < -0.39 is 12.1 Å². The molecule has 0 aliphatic heterocycles. The monoisotopic (exact) mass is 260 g/mol. The Balaban J connectivity index is 1.92. The van der Waals surface area contributed by atoms with Crippen LogP contribution in [0.2, 0.25) is 0 Å². The molecule has 0 saturated heterocycles. The summed E-state index contributed by atoms with van der Waals surface area (Å²) < 4.78 is 18.5. The van der Waals surface area contributed by atoms with Crippen molar-refractivity contribution in [1.82, 2.24) is 0 Å². The van der Waals surface area contributed by atoms with E-state index in [1.807, 2.05) is 43.3 Å². The lowest BCUT2D eigenvalue weighted by Gasteiger charge is -2.16. The predicted molar refractivity (Wildman–Crippen MR) is 72.2 cm³/mol. The topological polar surface area (TPSA) is 26.3 Å². The van der Waals surface area contributed by atoms with E-state index in [1.54, 1.807) is 0 Å². The minimum atomic E-state index is -0.891. The zero-order valence-electron chi connectivity index (χ0n) is 10.9. The fourth-order valence-corrected chi connectivity index (χ4v) is 2.13. The number of carbonyl (C=O) groups is 1. The standard InChI is InChI=1S/C16H17FO2/c1-12-7-14(9-15(17)8-12)10-16(18)19-11-13-5-3-2-4-6-13/h2-7,10,15H,8-9,11H2,1H3/b14-10+. The molecule has 100 valence electrons. The molecule has 0 heterocycles. The SMILES string of the molecule is CC1=C/C(=C\C(=O)OCc2ccccc2)CC(F)C1. The van der Waals surface area contributed by atoms with Crippen LogP contribution < -0.4 is 0 Å². The summed E-state index contributed by atoms with van der Waals surface area (Å²) in [5.74, 6) is -0.419. The van der Waals surface area contributed by atoms with Gasteiger partial charge in [0.05, 0.1) is 0 Å². The summed E-state index contributed by atoms with van der Waals surface area (Å²) in [6, 6.07) is 9.47. The lowest BCUT2D eigenvalue weighted by Crippen LogP contribution is -2.09. The van der Waals surface area contributed by atoms with Gasteiger partial charge in [0, 0.05) is 12.5 Å². The van der Waals surface area contributed by atoms with Gasteiger partial charge >= 0.3 is 5.97 Å². The second-order valence-electron chi connectivity index (χ2n) is 4.81. The third-order valence-electron chi connectivity index (χ3n) is 2.96. The van der Waals surface area contributed by atoms with Crippen molar-refractivity contribution in [3.63, 3.8) is 0 Å². The molecule has 0 amide bonds. The highest BCUT2D eigenvalue weighted by Gasteiger charge is 2.16. The molecule has 1 atom stereocenters. The van der Waals surface area contributed by atoms with Crippen LogP contribution in [0.1, 0.15) is 25.3 Å². The average molecular weight is 260 g/mol. The Bertz CT molecular complexity index is 503. The van der Waals surface area contributed by atoms with E-state index in [9.17, 15) is 9.18 Å². The lowest BCUT2D eigenvalue weighted by atomic mass is 9.94. The quantitative estimate of drug-likeness (QED) is 0.611. The van der Waals surface area contributed by atoms with Gasteiger partial charge in [0.25, 0.3) is 0 Å². The number of hydrogen-bond acceptors (Lipinski definition) is 2. The molecular weight excluding hydrogens is 243 g/mol. The number of esters is 1. The molecule has 2 nitrogen and oxygen atoms in total. The molecule has 0 bridgehead atoms. The van der Waals surface area contributed by atoms with Gasteiger partial charge in [0.2, 0.25) is 0 Å². The minimum Gasteiger partial charge on any atom is -0.458 e. The molecule has 19 heavy (non-hydrogen) atoms. The second kappa shape index (κ2) is 6.32. The molecule has 3 heteroatoms. The van der Waals surface area contributed by atoms with E-state index in [0.29, 0.717) is 12.0 Å². The van der Waals surface area contributed by atoms with Gasteiger partial charge in [-0.1, -0.05) is 42.0 Å². The molecule has 0 radical (unpaired) electrons. The number of carbonyl (C=O) groups excluding carboxylic acids is 1. The molecule has 1 aliphatic rings. The Kier molecular flexibility index (Phi) is 4.50. The van der Waals surface area contributed by atoms with Gasteiger partial charge in [-0.3, -0.25) is 0 Å². The fraction of sp³-hybridized carbons (Fsp3) is 0.312. The van der Waals surface area contributed by atoms with Gasteiger partial charge in [-0.25, -0.2) is 9.18 Å². The lowest BCUT2D eigenvalue weighted by molar-refractivity contribution is -0.139. The molecule has 1 aromatic rings. The molecule has 0 spiro atoms. The fourth-order valence-electron chi connectivity index (χ4n) is 2.13. The van der Waals surface area contributed by atoms with Crippen LogP contribution in [0.15, 0.2) is 53.6 Å². The Morgan fingerprint density at radius 2 is 2.11 bits per heavy atom. The number of alkyl halides is 1. The zero-order valence-corrected chi connectivity index (χ0v) is 10.9. The molecule has 1 aliphatic carbocycles. The van der Waals surface area contributed by atoms with E-state index in [0.717, 1.165) is 11.1 Å². The van der Waals surface area contributed by atoms with Crippen molar-refractivity contribution >= 4 is 5.97 Å². The second-order valence-corrected chi connectivity index (χ2v) is 4.81. The predicted octanol–water partition coefficient (Wildman–Crippen LogP) is 3.73. The summed E-state index contributed by atoms with van der Waals surface area (Å²) in [7, 11) is 0. The van der Waals surface area contributed by atoms with E-state index in [4.69, 9.17) is 4.74 Å². The normalized spacial score (nSPS) is 21.1. The van der Waals surface area contributed by atoms with Crippen LogP contribution in [0.3, 0.4) is 0 Å². The van der Waals surface area contributed by atoms with Crippen molar-refractivity contribution in [2.45, 2.75) is 32.5 Å². The first kappa shape index (κ1) is 13.5. The van der Waals surface area contributed by atoms with Crippen molar-refractivity contribution in [1.29, 1.82) is 0 Å². The number of ether oxygens (including phenoxy) is 1. The van der Waals surface area contributed by atoms with Crippen molar-refractivity contribution in [3.05, 3.63) is 59.2 Å². The van der Waals surface area contributed by atoms with Gasteiger partial charge in [-0.2, -0.15) is 0 Å². The van der Waals surface area contributed by atoms with Crippen molar-refractivity contribution < 1.29 is 13.9 Å². The third kappa shape index (κ3) is 4.36. The van der Waals surface area contributed by atoms with E-state index in [-0.39, 0.29) is 13.0 Å². The minimum absolute atomic E-state index is 0.241. The first-order valence-electron chi connectivity index (χ1n) is 6.36. The van der Waals surface area contributed by atoms with Crippen LogP contribution in [-0.4, -0.2) is 12.1 Å². The summed E-state index contributed by atoms with van der Waals surface area (Å²) in [6.45, 7) is 2.11. The number of hydrogen-bond donors (Lipinski definition) is 0. The molecule has 0 N–H and O–H groups in total. The highest BCUT2D eigenvalue weighted by molar-refractivity contribution is 5.83. The van der Waals surface area contributed by atoms with Gasteiger partial charge < -0.3 is 4.74 Å². The Morgan fingerprint density at radius 3 is 2.79 bits per heavy atom. The van der Waals surface area contributed by atoms with Crippen LogP contribution in [-0.2, 0) is 16.1 Å². The maximum atomic E-state index is 13.4. The Morgan fingerprint density at radius 1 is 1.37 bits per heavy atom. The zero-order chi connectivity index (χ0) is 13.7. The third-order valence-corrected chi connectivity index (χ3v) is 2.96. The van der Waals surface area contributed by atoms with Crippen LogP contribution in [0.4, 0.5) is 4.39 Å². The summed E-state index contributed by atoms with van der Waals surface area (Å²) in [4.78, 5) is 11.6. The molecular formula is C16H17FO2. The van der Waals surface area contributed by atoms with Crippen LogP contribution in [0, 0.1) is 0 Å². The Labute approximate surface area is 112 Å². The average Bonchev–Trinajstić information content (AvgIpc) is 2.36. The highest BCUT2D eigenvalue weighted by atomic mass is 19.1. The van der Waals surface area contributed by atoms with Crippen LogP contribution >= 0.6 is 0 Å². The first-order chi connectivity index (χ1) is 9.13. The van der Waals surface area contributed by atoms with Gasteiger partial charge in [0.1, 0.15) is 12.8 Å². The first-order valence-corrected chi connectivity index (χ1v) is 6.36. The van der Waals surface area contributed by atoms with Crippen molar-refractivity contribution in [2.75, 3.05) is 0 Å². The molecule has 0 aromatic heterocycles. The summed E-state index contributed by atoms with van der Waals surface area (Å²) in [5.41, 5.74) is 2.60. The van der Waals surface area contributed by atoms with Gasteiger partial charge in [0.15, 0.2) is 0 Å². The summed E-state index contributed by atoms with van der Waals surface area (Å²) in [6.07, 6.45) is 3.10. The highest BCUT2D eigenvalue weighted by Crippen LogP contribution is 2.24. The largest absolute Gasteiger partial charge is 0.458 e. The molecule has 2 rings (SSSR count). The van der Waals surface area contributed by atoms with E-state index >= 15 is 0 Å². The van der Waals surface area contributed by atoms with Crippen molar-refractivity contribution in [3.8, 4) is 0 Å². The number of benzene rings is 1. The molecule has 0 fully saturated rings. The summed E-state index contributed by atoms with van der Waals surface area (Å²) >= 11 is 0. The van der Waals surface area contributed by atoms with E-state index in [1.165, 1.54) is 6.08 Å². The van der Waals surface area contributed by atoms with Gasteiger partial charge in [-0.15, -0.1) is 0 Å². The number of halogens is 1. The maximum Gasteiger partial charge on any atom is 0.331 e. The Hall–Kier alpha value is -1.90. The maximum absolute atomic E-state index is 13.4. The molecule has 1 aromatic carbocycles. The molecule has 0 saturated carbocycles.